The van der Waals surface area contributed by atoms with Crippen molar-refractivity contribution in [2.24, 2.45) is 11.8 Å². The molecular weight excluding hydrogens is 326 g/mol. The molecule has 0 spiro atoms. The van der Waals surface area contributed by atoms with Crippen molar-refractivity contribution in [2.45, 2.75) is 58.5 Å². The van der Waals surface area contributed by atoms with Gasteiger partial charge in [-0.3, -0.25) is 15.0 Å². The summed E-state index contributed by atoms with van der Waals surface area (Å²) < 4.78 is 0. The summed E-state index contributed by atoms with van der Waals surface area (Å²) in [6.07, 6.45) is 3.55. The molecule has 2 N–H and O–H groups in total. The van der Waals surface area contributed by atoms with Gasteiger partial charge in [-0.2, -0.15) is 0 Å². The van der Waals surface area contributed by atoms with Crippen molar-refractivity contribution in [1.29, 1.82) is 0 Å². The van der Waals surface area contributed by atoms with E-state index in [1.165, 1.54) is 11.1 Å². The van der Waals surface area contributed by atoms with Crippen LogP contribution in [0.1, 0.15) is 50.7 Å². The third-order valence-corrected chi connectivity index (χ3v) is 6.02. The van der Waals surface area contributed by atoms with E-state index in [1.54, 1.807) is 0 Å². The molecule has 2 aliphatic heterocycles. The first-order valence-corrected chi connectivity index (χ1v) is 9.81. The van der Waals surface area contributed by atoms with E-state index >= 15 is 0 Å². The molecule has 1 aromatic carbocycles. The van der Waals surface area contributed by atoms with E-state index in [1.807, 2.05) is 0 Å². The molecule has 0 aromatic heterocycles. The number of piperidine rings is 1. The number of amides is 3. The molecule has 0 aliphatic carbocycles. The summed E-state index contributed by atoms with van der Waals surface area (Å²) in [5.74, 6) is 0.597. The van der Waals surface area contributed by atoms with Crippen LogP contribution in [0.25, 0.3) is 0 Å². The van der Waals surface area contributed by atoms with E-state index in [0.717, 1.165) is 45.3 Å². The highest BCUT2D eigenvalue weighted by atomic mass is 16.2. The van der Waals surface area contributed by atoms with E-state index in [9.17, 15) is 9.59 Å². The number of carbonyl (C=O) groups is 2. The molecule has 5 nitrogen and oxygen atoms in total. The molecule has 5 heteroatoms. The van der Waals surface area contributed by atoms with Gasteiger partial charge < -0.3 is 5.32 Å². The smallest absolute Gasteiger partial charge is 0.322 e. The van der Waals surface area contributed by atoms with Crippen LogP contribution in [0.2, 0.25) is 0 Å². The highest BCUT2D eigenvalue weighted by Gasteiger charge is 2.51. The van der Waals surface area contributed by atoms with Crippen molar-refractivity contribution in [3.05, 3.63) is 35.4 Å². The number of hydrogen-bond donors (Lipinski definition) is 2. The molecule has 0 bridgehead atoms. The van der Waals surface area contributed by atoms with E-state index in [-0.39, 0.29) is 17.9 Å². The Balaban J connectivity index is 1.65. The third-order valence-electron chi connectivity index (χ3n) is 6.02. The molecule has 2 heterocycles. The number of aryl methyl sites for hydroxylation is 1. The number of nitrogens with one attached hydrogen (secondary N) is 2. The normalized spacial score (nSPS) is 24.8. The quantitative estimate of drug-likeness (QED) is 0.769. The van der Waals surface area contributed by atoms with Crippen LogP contribution in [-0.4, -0.2) is 35.5 Å². The second-order valence-corrected chi connectivity index (χ2v) is 8.29. The van der Waals surface area contributed by atoms with Gasteiger partial charge in [-0.15, -0.1) is 0 Å². The maximum absolute atomic E-state index is 12.6. The molecule has 3 amide bonds. The SMILES string of the molecule is Cc1ccccc1CN1CCC([C@]2(CCC(C)C)NC(=O)NC2=O)CC1. The highest BCUT2D eigenvalue weighted by Crippen LogP contribution is 2.35. The summed E-state index contributed by atoms with van der Waals surface area (Å²) in [5.41, 5.74) is 1.98. The Kier molecular flexibility index (Phi) is 5.66. The topological polar surface area (TPSA) is 61.4 Å². The van der Waals surface area contributed by atoms with Crippen molar-refractivity contribution in [1.82, 2.24) is 15.5 Å². The summed E-state index contributed by atoms with van der Waals surface area (Å²) in [6.45, 7) is 9.36. The molecule has 2 saturated heterocycles. The summed E-state index contributed by atoms with van der Waals surface area (Å²) in [6, 6.07) is 8.18. The molecule has 26 heavy (non-hydrogen) atoms. The number of hydrogen-bond acceptors (Lipinski definition) is 3. The maximum Gasteiger partial charge on any atom is 0.322 e. The predicted octanol–water partition coefficient (Wildman–Crippen LogP) is 3.22. The van der Waals surface area contributed by atoms with Gasteiger partial charge in [0.25, 0.3) is 5.91 Å². The van der Waals surface area contributed by atoms with Gasteiger partial charge in [0.2, 0.25) is 0 Å². The van der Waals surface area contributed by atoms with Crippen molar-refractivity contribution in [3.63, 3.8) is 0 Å². The van der Waals surface area contributed by atoms with E-state index < -0.39 is 5.54 Å². The Hall–Kier alpha value is -1.88. The van der Waals surface area contributed by atoms with Gasteiger partial charge in [0.1, 0.15) is 5.54 Å². The van der Waals surface area contributed by atoms with Crippen LogP contribution >= 0.6 is 0 Å². The van der Waals surface area contributed by atoms with Crippen molar-refractivity contribution in [3.8, 4) is 0 Å². The number of nitrogens with zero attached hydrogens (tertiary/aromatic N) is 1. The Morgan fingerprint density at radius 3 is 2.46 bits per heavy atom. The standard InChI is InChI=1S/C21H31N3O2/c1-15(2)8-11-21(19(25)22-20(26)23-21)18-9-12-24(13-10-18)14-17-7-5-4-6-16(17)3/h4-7,15,18H,8-14H2,1-3H3,(H2,22,23,25,26)/t21-/m0/s1. The van der Waals surface area contributed by atoms with Gasteiger partial charge >= 0.3 is 6.03 Å². The molecule has 0 saturated carbocycles. The molecule has 2 fully saturated rings. The van der Waals surface area contributed by atoms with Crippen molar-refractivity contribution >= 4 is 11.9 Å². The fourth-order valence-corrected chi connectivity index (χ4v) is 4.30. The van der Waals surface area contributed by atoms with Gasteiger partial charge in [0.05, 0.1) is 0 Å². The van der Waals surface area contributed by atoms with Crippen molar-refractivity contribution in [2.75, 3.05) is 13.1 Å². The lowest BCUT2D eigenvalue weighted by Crippen LogP contribution is -2.56. The number of imide groups is 1. The zero-order valence-corrected chi connectivity index (χ0v) is 16.2. The third kappa shape index (κ3) is 3.93. The second-order valence-electron chi connectivity index (χ2n) is 8.29. The lowest BCUT2D eigenvalue weighted by atomic mass is 9.74. The number of urea groups is 1. The summed E-state index contributed by atoms with van der Waals surface area (Å²) in [4.78, 5) is 26.9. The largest absolute Gasteiger partial charge is 0.323 e. The lowest BCUT2D eigenvalue weighted by Gasteiger charge is -2.41. The van der Waals surface area contributed by atoms with E-state index in [2.05, 4.69) is 60.6 Å². The minimum absolute atomic E-state index is 0.125. The Labute approximate surface area is 156 Å². The van der Waals surface area contributed by atoms with Gasteiger partial charge in [0, 0.05) is 6.54 Å². The zero-order valence-electron chi connectivity index (χ0n) is 16.2. The number of carbonyl (C=O) groups excluding carboxylic acids is 2. The monoisotopic (exact) mass is 357 g/mol. The number of likely N-dealkylation sites (tertiary alicyclic amines) is 1. The van der Waals surface area contributed by atoms with Crippen LogP contribution in [0.15, 0.2) is 24.3 Å². The van der Waals surface area contributed by atoms with Crippen LogP contribution in [0.5, 0.6) is 0 Å². The average molecular weight is 357 g/mol. The minimum Gasteiger partial charge on any atom is -0.323 e. The van der Waals surface area contributed by atoms with Crippen LogP contribution in [0.4, 0.5) is 4.79 Å². The van der Waals surface area contributed by atoms with Crippen LogP contribution in [0.3, 0.4) is 0 Å². The second kappa shape index (κ2) is 7.78. The van der Waals surface area contributed by atoms with E-state index in [4.69, 9.17) is 0 Å². The Morgan fingerprint density at radius 1 is 1.19 bits per heavy atom. The number of rotatable bonds is 6. The summed E-state index contributed by atoms with van der Waals surface area (Å²) >= 11 is 0. The molecule has 1 atom stereocenters. The van der Waals surface area contributed by atoms with Crippen LogP contribution < -0.4 is 10.6 Å². The molecule has 0 unspecified atom stereocenters. The fraction of sp³-hybridized carbons (Fsp3) is 0.619. The highest BCUT2D eigenvalue weighted by molar-refractivity contribution is 6.07. The van der Waals surface area contributed by atoms with Gasteiger partial charge in [0.15, 0.2) is 0 Å². The van der Waals surface area contributed by atoms with Gasteiger partial charge in [-0.1, -0.05) is 38.1 Å². The predicted molar refractivity (Wildman–Crippen MR) is 103 cm³/mol. The van der Waals surface area contributed by atoms with Crippen LogP contribution in [0, 0.1) is 18.8 Å². The fourth-order valence-electron chi connectivity index (χ4n) is 4.30. The maximum atomic E-state index is 12.6. The molecule has 142 valence electrons. The number of benzene rings is 1. The van der Waals surface area contributed by atoms with Crippen LogP contribution in [-0.2, 0) is 11.3 Å². The first-order valence-electron chi connectivity index (χ1n) is 9.81. The first kappa shape index (κ1) is 18.9. The molecular formula is C21H31N3O2. The average Bonchev–Trinajstić information content (AvgIpc) is 2.90. The lowest BCUT2D eigenvalue weighted by molar-refractivity contribution is -0.127. The Bertz CT molecular complexity index is 665. The first-order chi connectivity index (χ1) is 12.4. The summed E-state index contributed by atoms with van der Waals surface area (Å²) in [7, 11) is 0. The summed E-state index contributed by atoms with van der Waals surface area (Å²) in [5, 5.41) is 5.48. The zero-order chi connectivity index (χ0) is 18.7. The van der Waals surface area contributed by atoms with E-state index in [0.29, 0.717) is 5.92 Å². The molecule has 1 aromatic rings. The minimum atomic E-state index is -0.712. The molecule has 2 aliphatic rings. The van der Waals surface area contributed by atoms with Gasteiger partial charge in [-0.05, 0) is 68.7 Å². The van der Waals surface area contributed by atoms with Crippen molar-refractivity contribution < 1.29 is 9.59 Å². The van der Waals surface area contributed by atoms with Gasteiger partial charge in [-0.25, -0.2) is 4.79 Å². The molecule has 0 radical (unpaired) electrons. The molecule has 3 rings (SSSR count). The Morgan fingerprint density at radius 2 is 1.88 bits per heavy atom.